The van der Waals surface area contributed by atoms with Crippen LogP contribution in [0.3, 0.4) is 0 Å². The Hall–Kier alpha value is -0.500. The predicted octanol–water partition coefficient (Wildman–Crippen LogP) is 3.03. The van der Waals surface area contributed by atoms with Crippen molar-refractivity contribution in [3.63, 3.8) is 0 Å². The van der Waals surface area contributed by atoms with Crippen molar-refractivity contribution in [1.82, 2.24) is 9.55 Å². The predicted molar refractivity (Wildman–Crippen MR) is 56.1 cm³/mol. The lowest BCUT2D eigenvalue weighted by Gasteiger charge is -2.26. The minimum atomic E-state index is 0.169. The number of imidazole rings is 1. The van der Waals surface area contributed by atoms with Crippen molar-refractivity contribution < 1.29 is 0 Å². The third-order valence-electron chi connectivity index (χ3n) is 2.38. The minimum Gasteiger partial charge on any atom is -0.332 e. The van der Waals surface area contributed by atoms with Crippen molar-refractivity contribution in [2.24, 2.45) is 0 Å². The normalized spacial score (nSPS) is 11.9. The lowest BCUT2D eigenvalue weighted by Crippen LogP contribution is -2.24. The standard InChI is InChI=1S/C10H17ClN2/c1-10(2,5-3-4-6-11)13-8-7-12-9-13/h7-9H,3-6H2,1-2H3. The van der Waals surface area contributed by atoms with E-state index < -0.39 is 0 Å². The van der Waals surface area contributed by atoms with Crippen molar-refractivity contribution in [1.29, 1.82) is 0 Å². The summed E-state index contributed by atoms with van der Waals surface area (Å²) in [6.45, 7) is 4.45. The number of alkyl halides is 1. The fraction of sp³-hybridized carbons (Fsp3) is 0.700. The van der Waals surface area contributed by atoms with Crippen LogP contribution in [0.5, 0.6) is 0 Å². The molecule has 0 amide bonds. The molecule has 0 aliphatic rings. The number of hydrogen-bond donors (Lipinski definition) is 0. The molecule has 0 aliphatic heterocycles. The van der Waals surface area contributed by atoms with E-state index in [0.29, 0.717) is 0 Å². The number of nitrogens with zero attached hydrogens (tertiary/aromatic N) is 2. The Morgan fingerprint density at radius 1 is 1.38 bits per heavy atom. The maximum Gasteiger partial charge on any atom is 0.0950 e. The molecule has 0 N–H and O–H groups in total. The summed E-state index contributed by atoms with van der Waals surface area (Å²) in [5, 5.41) is 0. The van der Waals surface area contributed by atoms with E-state index in [1.54, 1.807) is 0 Å². The van der Waals surface area contributed by atoms with E-state index in [2.05, 4.69) is 23.4 Å². The Morgan fingerprint density at radius 2 is 2.15 bits per heavy atom. The fourth-order valence-electron chi connectivity index (χ4n) is 1.40. The number of hydrogen-bond acceptors (Lipinski definition) is 1. The van der Waals surface area contributed by atoms with Crippen molar-refractivity contribution in [3.8, 4) is 0 Å². The van der Waals surface area contributed by atoms with Gasteiger partial charge in [-0.2, -0.15) is 0 Å². The van der Waals surface area contributed by atoms with E-state index in [9.17, 15) is 0 Å². The Kier molecular flexibility index (Phi) is 3.79. The molecule has 3 heteroatoms. The van der Waals surface area contributed by atoms with Gasteiger partial charge in [-0.05, 0) is 33.1 Å². The first-order valence-electron chi connectivity index (χ1n) is 4.71. The van der Waals surface area contributed by atoms with Crippen LogP contribution in [0.25, 0.3) is 0 Å². The van der Waals surface area contributed by atoms with Crippen LogP contribution in [0, 0.1) is 0 Å². The lowest BCUT2D eigenvalue weighted by molar-refractivity contribution is 0.317. The average Bonchev–Trinajstić information content (AvgIpc) is 2.56. The van der Waals surface area contributed by atoms with Gasteiger partial charge in [-0.25, -0.2) is 4.98 Å². The summed E-state index contributed by atoms with van der Waals surface area (Å²) < 4.78 is 2.15. The van der Waals surface area contributed by atoms with Gasteiger partial charge in [0, 0.05) is 23.8 Å². The van der Waals surface area contributed by atoms with Gasteiger partial charge in [-0.15, -0.1) is 11.6 Å². The molecule has 0 atom stereocenters. The van der Waals surface area contributed by atoms with Crippen LogP contribution in [-0.4, -0.2) is 15.4 Å². The monoisotopic (exact) mass is 200 g/mol. The van der Waals surface area contributed by atoms with E-state index in [4.69, 9.17) is 11.6 Å². The van der Waals surface area contributed by atoms with E-state index in [-0.39, 0.29) is 5.54 Å². The van der Waals surface area contributed by atoms with E-state index in [0.717, 1.165) is 18.7 Å². The van der Waals surface area contributed by atoms with Crippen LogP contribution in [-0.2, 0) is 5.54 Å². The van der Waals surface area contributed by atoms with Crippen LogP contribution in [0.4, 0.5) is 0 Å². The van der Waals surface area contributed by atoms with E-state index >= 15 is 0 Å². The molecule has 0 fully saturated rings. The second-order valence-corrected chi connectivity index (χ2v) is 4.31. The van der Waals surface area contributed by atoms with Gasteiger partial charge < -0.3 is 4.57 Å². The average molecular weight is 201 g/mol. The molecule has 1 heterocycles. The molecule has 1 aromatic rings. The second kappa shape index (κ2) is 4.66. The summed E-state index contributed by atoms with van der Waals surface area (Å²) in [6.07, 6.45) is 9.13. The summed E-state index contributed by atoms with van der Waals surface area (Å²) in [5.41, 5.74) is 0.169. The number of rotatable bonds is 5. The minimum absolute atomic E-state index is 0.169. The van der Waals surface area contributed by atoms with Gasteiger partial charge in [0.2, 0.25) is 0 Å². The third-order valence-corrected chi connectivity index (χ3v) is 2.64. The molecule has 0 bridgehead atoms. The molecule has 0 saturated carbocycles. The molecule has 0 unspecified atom stereocenters. The third kappa shape index (κ3) is 3.03. The Morgan fingerprint density at radius 3 is 2.69 bits per heavy atom. The van der Waals surface area contributed by atoms with Gasteiger partial charge in [0.1, 0.15) is 0 Å². The molecule has 74 valence electrons. The van der Waals surface area contributed by atoms with Crippen molar-refractivity contribution in [3.05, 3.63) is 18.7 Å². The largest absolute Gasteiger partial charge is 0.332 e. The van der Waals surface area contributed by atoms with Crippen LogP contribution in [0.1, 0.15) is 33.1 Å². The van der Waals surface area contributed by atoms with E-state index in [1.807, 2.05) is 18.7 Å². The van der Waals surface area contributed by atoms with Crippen molar-refractivity contribution in [2.75, 3.05) is 5.88 Å². The van der Waals surface area contributed by atoms with Gasteiger partial charge in [-0.1, -0.05) is 0 Å². The van der Waals surface area contributed by atoms with Crippen molar-refractivity contribution >= 4 is 11.6 Å². The highest BCUT2D eigenvalue weighted by molar-refractivity contribution is 6.17. The Balaban J connectivity index is 2.46. The maximum absolute atomic E-state index is 5.64. The topological polar surface area (TPSA) is 17.8 Å². The smallest absolute Gasteiger partial charge is 0.0950 e. The fourth-order valence-corrected chi connectivity index (χ4v) is 1.59. The summed E-state index contributed by atoms with van der Waals surface area (Å²) in [5.74, 6) is 0.764. The molecule has 0 aliphatic carbocycles. The lowest BCUT2D eigenvalue weighted by atomic mass is 9.97. The van der Waals surface area contributed by atoms with E-state index in [1.165, 1.54) is 6.42 Å². The molecule has 1 aromatic heterocycles. The number of halogens is 1. The zero-order chi connectivity index (χ0) is 9.73. The summed E-state index contributed by atoms with van der Waals surface area (Å²) in [6, 6.07) is 0. The van der Waals surface area contributed by atoms with Gasteiger partial charge in [-0.3, -0.25) is 0 Å². The van der Waals surface area contributed by atoms with Crippen LogP contribution < -0.4 is 0 Å². The maximum atomic E-state index is 5.64. The highest BCUT2D eigenvalue weighted by Crippen LogP contribution is 2.21. The van der Waals surface area contributed by atoms with Gasteiger partial charge in [0.25, 0.3) is 0 Å². The number of unbranched alkanes of at least 4 members (excludes halogenated alkanes) is 1. The summed E-state index contributed by atoms with van der Waals surface area (Å²) >= 11 is 5.64. The summed E-state index contributed by atoms with van der Waals surface area (Å²) in [4.78, 5) is 4.05. The molecule has 0 saturated heterocycles. The zero-order valence-corrected chi connectivity index (χ0v) is 9.09. The van der Waals surface area contributed by atoms with Gasteiger partial charge in [0.15, 0.2) is 0 Å². The first-order chi connectivity index (χ1) is 6.17. The molecule has 0 spiro atoms. The van der Waals surface area contributed by atoms with Crippen LogP contribution >= 0.6 is 11.6 Å². The first kappa shape index (κ1) is 10.6. The molecular weight excluding hydrogens is 184 g/mol. The summed E-state index contributed by atoms with van der Waals surface area (Å²) in [7, 11) is 0. The Bertz CT molecular complexity index is 229. The first-order valence-corrected chi connectivity index (χ1v) is 5.25. The number of aromatic nitrogens is 2. The Labute approximate surface area is 84.9 Å². The van der Waals surface area contributed by atoms with Gasteiger partial charge >= 0.3 is 0 Å². The van der Waals surface area contributed by atoms with Crippen LogP contribution in [0.15, 0.2) is 18.7 Å². The molecule has 13 heavy (non-hydrogen) atoms. The van der Waals surface area contributed by atoms with Crippen LogP contribution in [0.2, 0.25) is 0 Å². The molecule has 2 nitrogen and oxygen atoms in total. The van der Waals surface area contributed by atoms with Gasteiger partial charge in [0.05, 0.1) is 6.33 Å². The quantitative estimate of drug-likeness (QED) is 0.528. The highest BCUT2D eigenvalue weighted by Gasteiger charge is 2.18. The molecule has 0 aromatic carbocycles. The molecule has 0 radical (unpaired) electrons. The second-order valence-electron chi connectivity index (χ2n) is 3.93. The zero-order valence-electron chi connectivity index (χ0n) is 8.33. The highest BCUT2D eigenvalue weighted by atomic mass is 35.5. The molecule has 1 rings (SSSR count). The molecular formula is C10H17ClN2. The van der Waals surface area contributed by atoms with Crippen molar-refractivity contribution in [2.45, 2.75) is 38.6 Å². The SMILES string of the molecule is CC(C)(CCCCCl)n1ccnc1.